The van der Waals surface area contributed by atoms with E-state index in [4.69, 9.17) is 9.47 Å². The maximum atomic E-state index is 11.5. The van der Waals surface area contributed by atoms with Gasteiger partial charge < -0.3 is 14.8 Å². The third kappa shape index (κ3) is 8.54. The number of alkyl carbamates (subject to hydrolysis) is 1. The standard InChI is InChI=1S/C12H23NO4/c1-8(2)7-16-11(15)13-9(3)10(14)17-12(4,5)6/h8-9H,7H2,1-6H3,(H,13,15)/t9-/m0/s1. The maximum Gasteiger partial charge on any atom is 0.407 e. The number of esters is 1. The van der Waals surface area contributed by atoms with Crippen LogP contribution in [-0.4, -0.2) is 30.3 Å². The number of rotatable bonds is 4. The first kappa shape index (κ1) is 15.7. The molecule has 0 unspecified atom stereocenters. The minimum absolute atomic E-state index is 0.262. The Labute approximate surface area is 103 Å². The molecule has 1 atom stereocenters. The number of carbonyl (C=O) groups excluding carboxylic acids is 2. The van der Waals surface area contributed by atoms with Crippen molar-refractivity contribution in [1.29, 1.82) is 0 Å². The fourth-order valence-electron chi connectivity index (χ4n) is 0.910. The Morgan fingerprint density at radius 3 is 2.12 bits per heavy atom. The van der Waals surface area contributed by atoms with Crippen molar-refractivity contribution in [1.82, 2.24) is 5.32 Å². The lowest BCUT2D eigenvalue weighted by Crippen LogP contribution is -2.42. The predicted octanol–water partition coefficient (Wildman–Crippen LogP) is 2.10. The lowest BCUT2D eigenvalue weighted by molar-refractivity contribution is -0.156. The van der Waals surface area contributed by atoms with Gasteiger partial charge in [-0.3, -0.25) is 0 Å². The zero-order valence-electron chi connectivity index (χ0n) is 11.5. The topological polar surface area (TPSA) is 64.6 Å². The predicted molar refractivity (Wildman–Crippen MR) is 64.6 cm³/mol. The van der Waals surface area contributed by atoms with E-state index >= 15 is 0 Å². The van der Waals surface area contributed by atoms with Crippen molar-refractivity contribution in [3.8, 4) is 0 Å². The van der Waals surface area contributed by atoms with Crippen LogP contribution in [0.1, 0.15) is 41.5 Å². The van der Waals surface area contributed by atoms with Gasteiger partial charge in [-0.1, -0.05) is 13.8 Å². The second-order valence-electron chi connectivity index (χ2n) is 5.39. The third-order valence-corrected chi connectivity index (χ3v) is 1.64. The smallest absolute Gasteiger partial charge is 0.407 e. The third-order valence-electron chi connectivity index (χ3n) is 1.64. The van der Waals surface area contributed by atoms with Gasteiger partial charge in [0.1, 0.15) is 11.6 Å². The molecule has 5 heteroatoms. The molecule has 0 aromatic heterocycles. The minimum atomic E-state index is -0.714. The molecule has 1 N–H and O–H groups in total. The molecule has 0 aliphatic rings. The van der Waals surface area contributed by atoms with E-state index in [0.29, 0.717) is 6.61 Å². The number of carbonyl (C=O) groups is 2. The molecule has 0 bridgehead atoms. The van der Waals surface area contributed by atoms with Crippen molar-refractivity contribution in [2.24, 2.45) is 5.92 Å². The van der Waals surface area contributed by atoms with Crippen LogP contribution in [0.4, 0.5) is 4.79 Å². The summed E-state index contributed by atoms with van der Waals surface area (Å²) in [4.78, 5) is 22.8. The van der Waals surface area contributed by atoms with E-state index in [1.54, 1.807) is 27.7 Å². The summed E-state index contributed by atoms with van der Waals surface area (Å²) in [5.74, 6) is -0.212. The molecule has 17 heavy (non-hydrogen) atoms. The van der Waals surface area contributed by atoms with E-state index in [2.05, 4.69) is 5.32 Å². The van der Waals surface area contributed by atoms with Crippen molar-refractivity contribution in [2.75, 3.05) is 6.61 Å². The first-order chi connectivity index (χ1) is 7.61. The Morgan fingerprint density at radius 1 is 1.18 bits per heavy atom. The zero-order chi connectivity index (χ0) is 13.6. The van der Waals surface area contributed by atoms with Gasteiger partial charge in [0, 0.05) is 0 Å². The molecular weight excluding hydrogens is 222 g/mol. The SMILES string of the molecule is CC(C)COC(=O)N[C@@H](C)C(=O)OC(C)(C)C. The van der Waals surface area contributed by atoms with Crippen LogP contribution in [0.15, 0.2) is 0 Å². The highest BCUT2D eigenvalue weighted by molar-refractivity contribution is 5.81. The summed E-state index contributed by atoms with van der Waals surface area (Å²) in [6, 6.07) is -0.714. The Morgan fingerprint density at radius 2 is 1.71 bits per heavy atom. The molecular formula is C12H23NO4. The zero-order valence-corrected chi connectivity index (χ0v) is 11.5. The van der Waals surface area contributed by atoms with E-state index in [1.165, 1.54) is 0 Å². The van der Waals surface area contributed by atoms with Crippen LogP contribution >= 0.6 is 0 Å². The highest BCUT2D eigenvalue weighted by Gasteiger charge is 2.23. The fraction of sp³-hybridized carbons (Fsp3) is 0.833. The largest absolute Gasteiger partial charge is 0.458 e. The van der Waals surface area contributed by atoms with Crippen molar-refractivity contribution in [3.05, 3.63) is 0 Å². The monoisotopic (exact) mass is 245 g/mol. The summed E-state index contributed by atoms with van der Waals surface area (Å²) < 4.78 is 10.0. The Hall–Kier alpha value is -1.26. The van der Waals surface area contributed by atoms with E-state index in [9.17, 15) is 9.59 Å². The summed E-state index contributed by atoms with van der Waals surface area (Å²) in [6.45, 7) is 11.1. The maximum absolute atomic E-state index is 11.5. The normalized spacial score (nSPS) is 13.1. The van der Waals surface area contributed by atoms with Crippen LogP contribution in [0.5, 0.6) is 0 Å². The van der Waals surface area contributed by atoms with Crippen LogP contribution in [0.2, 0.25) is 0 Å². The minimum Gasteiger partial charge on any atom is -0.458 e. The molecule has 0 saturated carbocycles. The molecule has 0 heterocycles. The first-order valence-corrected chi connectivity index (χ1v) is 5.78. The highest BCUT2D eigenvalue weighted by Crippen LogP contribution is 2.08. The first-order valence-electron chi connectivity index (χ1n) is 5.78. The molecule has 0 fully saturated rings. The Bertz CT molecular complexity index is 268. The van der Waals surface area contributed by atoms with Crippen LogP contribution in [-0.2, 0) is 14.3 Å². The average Bonchev–Trinajstić information content (AvgIpc) is 2.11. The lowest BCUT2D eigenvalue weighted by atomic mass is 10.2. The van der Waals surface area contributed by atoms with E-state index in [1.807, 2.05) is 13.8 Å². The van der Waals surface area contributed by atoms with Crippen molar-refractivity contribution >= 4 is 12.1 Å². The van der Waals surface area contributed by atoms with Gasteiger partial charge in [0.05, 0.1) is 6.61 Å². The summed E-state index contributed by atoms with van der Waals surface area (Å²) in [5, 5.41) is 2.42. The van der Waals surface area contributed by atoms with Gasteiger partial charge in [-0.25, -0.2) is 9.59 Å². The van der Waals surface area contributed by atoms with Gasteiger partial charge in [0.15, 0.2) is 0 Å². The van der Waals surface area contributed by atoms with Gasteiger partial charge in [0.2, 0.25) is 0 Å². The van der Waals surface area contributed by atoms with E-state index < -0.39 is 23.7 Å². The second kappa shape index (κ2) is 6.47. The molecule has 100 valence electrons. The summed E-state index contributed by atoms with van der Waals surface area (Å²) in [5.41, 5.74) is -0.561. The van der Waals surface area contributed by atoms with Gasteiger partial charge in [-0.15, -0.1) is 0 Å². The van der Waals surface area contributed by atoms with Gasteiger partial charge in [-0.2, -0.15) is 0 Å². The summed E-state index contributed by atoms with van der Waals surface area (Å²) in [6.07, 6.45) is -0.600. The van der Waals surface area contributed by atoms with Crippen LogP contribution < -0.4 is 5.32 Å². The number of amides is 1. The van der Waals surface area contributed by atoms with Crippen molar-refractivity contribution in [3.63, 3.8) is 0 Å². The molecule has 1 amide bonds. The molecule has 0 aromatic carbocycles. The van der Waals surface area contributed by atoms with Crippen molar-refractivity contribution < 1.29 is 19.1 Å². The second-order valence-corrected chi connectivity index (χ2v) is 5.39. The highest BCUT2D eigenvalue weighted by atomic mass is 16.6. The van der Waals surface area contributed by atoms with Gasteiger partial charge >= 0.3 is 12.1 Å². The van der Waals surface area contributed by atoms with Crippen LogP contribution in [0, 0.1) is 5.92 Å². The number of hydrogen-bond donors (Lipinski definition) is 1. The average molecular weight is 245 g/mol. The van der Waals surface area contributed by atoms with Crippen molar-refractivity contribution in [2.45, 2.75) is 53.2 Å². The lowest BCUT2D eigenvalue weighted by Gasteiger charge is -2.22. The fourth-order valence-corrected chi connectivity index (χ4v) is 0.910. The number of hydrogen-bond acceptors (Lipinski definition) is 4. The molecule has 0 rings (SSSR count). The Kier molecular flexibility index (Phi) is 5.99. The van der Waals surface area contributed by atoms with E-state index in [-0.39, 0.29) is 5.92 Å². The molecule has 0 aliphatic carbocycles. The van der Waals surface area contributed by atoms with E-state index in [0.717, 1.165) is 0 Å². The summed E-state index contributed by atoms with van der Waals surface area (Å²) >= 11 is 0. The molecule has 0 aliphatic heterocycles. The van der Waals surface area contributed by atoms with Gasteiger partial charge in [0.25, 0.3) is 0 Å². The molecule has 0 radical (unpaired) electrons. The van der Waals surface area contributed by atoms with Crippen LogP contribution in [0.25, 0.3) is 0 Å². The molecule has 0 aromatic rings. The molecule has 0 saturated heterocycles. The van der Waals surface area contributed by atoms with Crippen LogP contribution in [0.3, 0.4) is 0 Å². The summed E-state index contributed by atoms with van der Waals surface area (Å²) in [7, 11) is 0. The number of ether oxygens (including phenoxy) is 2. The van der Waals surface area contributed by atoms with Gasteiger partial charge in [-0.05, 0) is 33.6 Å². The Balaban J connectivity index is 4.04. The number of nitrogens with one attached hydrogen (secondary N) is 1. The molecule has 5 nitrogen and oxygen atoms in total. The quantitative estimate of drug-likeness (QED) is 0.770. The molecule has 0 spiro atoms.